The van der Waals surface area contributed by atoms with Crippen LogP contribution in [0.3, 0.4) is 0 Å². The van der Waals surface area contributed by atoms with Gasteiger partial charge in [0, 0.05) is 37.4 Å². The summed E-state index contributed by atoms with van der Waals surface area (Å²) in [6.45, 7) is 14.9. The molecule has 0 saturated heterocycles. The van der Waals surface area contributed by atoms with E-state index in [0.717, 1.165) is 19.5 Å². The van der Waals surface area contributed by atoms with Crippen LogP contribution in [0, 0.1) is 0 Å². The first-order chi connectivity index (χ1) is 10.8. The van der Waals surface area contributed by atoms with Gasteiger partial charge in [0.2, 0.25) is 0 Å². The Balaban J connectivity index is 2.33. The Labute approximate surface area is 140 Å². The molecule has 1 unspecified atom stereocenters. The summed E-state index contributed by atoms with van der Waals surface area (Å²) in [4.78, 5) is 13.8. The fourth-order valence-electron chi connectivity index (χ4n) is 2.19. The molecule has 1 atom stereocenters. The molecule has 1 rings (SSSR count). The van der Waals surface area contributed by atoms with Gasteiger partial charge in [-0.15, -0.1) is 0 Å². The molecular weight excluding hydrogens is 292 g/mol. The van der Waals surface area contributed by atoms with E-state index in [1.165, 1.54) is 5.56 Å². The molecule has 1 N–H and O–H groups in total. The molecule has 132 valence electrons. The predicted molar refractivity (Wildman–Crippen MR) is 92.4 cm³/mol. The number of carbonyl (C=O) groups excluding carboxylic acids is 1. The highest BCUT2D eigenvalue weighted by atomic mass is 16.6. The molecule has 0 aliphatic carbocycles. The van der Waals surface area contributed by atoms with Crippen molar-refractivity contribution in [1.82, 2.24) is 20.0 Å². The molecule has 1 amide bonds. The van der Waals surface area contributed by atoms with Crippen LogP contribution in [0.4, 0.5) is 4.79 Å². The van der Waals surface area contributed by atoms with Gasteiger partial charge in [-0.3, -0.25) is 4.68 Å². The lowest BCUT2D eigenvalue weighted by Crippen LogP contribution is -2.38. The number of nitrogens with one attached hydrogen (secondary N) is 1. The average Bonchev–Trinajstić information content (AvgIpc) is 2.94. The van der Waals surface area contributed by atoms with Crippen molar-refractivity contribution in [1.29, 1.82) is 0 Å². The normalized spacial score (nSPS) is 13.0. The first kappa shape index (κ1) is 19.5. The third-order valence-corrected chi connectivity index (χ3v) is 3.57. The first-order valence-electron chi connectivity index (χ1n) is 8.50. The van der Waals surface area contributed by atoms with Crippen molar-refractivity contribution in [2.45, 2.75) is 66.2 Å². The van der Waals surface area contributed by atoms with Crippen LogP contribution in [0.25, 0.3) is 0 Å². The highest BCUT2D eigenvalue weighted by Crippen LogP contribution is 2.12. The van der Waals surface area contributed by atoms with E-state index in [0.29, 0.717) is 13.1 Å². The van der Waals surface area contributed by atoms with Crippen LogP contribution < -0.4 is 5.32 Å². The number of aryl methyl sites for hydroxylation is 1. The number of hydrogen-bond donors (Lipinski definition) is 1. The molecule has 1 aromatic rings. The number of amides is 1. The van der Waals surface area contributed by atoms with Crippen LogP contribution in [-0.4, -0.2) is 46.0 Å². The van der Waals surface area contributed by atoms with Crippen LogP contribution in [-0.2, 0) is 11.3 Å². The zero-order valence-electron chi connectivity index (χ0n) is 15.4. The van der Waals surface area contributed by atoms with Crippen molar-refractivity contribution < 1.29 is 9.53 Å². The highest BCUT2D eigenvalue weighted by molar-refractivity contribution is 5.68. The Bertz CT molecular complexity index is 479. The maximum atomic E-state index is 12.0. The second-order valence-electron chi connectivity index (χ2n) is 6.72. The SMILES string of the molecule is CCN(CCCNC(C)c1cnn(CC)c1)C(=O)OC(C)(C)C. The number of hydrogen-bond acceptors (Lipinski definition) is 4. The zero-order valence-corrected chi connectivity index (χ0v) is 15.4. The second kappa shape index (κ2) is 8.91. The first-order valence-corrected chi connectivity index (χ1v) is 8.50. The van der Waals surface area contributed by atoms with Crippen molar-refractivity contribution in [2.24, 2.45) is 0 Å². The molecule has 23 heavy (non-hydrogen) atoms. The summed E-state index contributed by atoms with van der Waals surface area (Å²) < 4.78 is 7.33. The van der Waals surface area contributed by atoms with Crippen molar-refractivity contribution in [3.05, 3.63) is 18.0 Å². The lowest BCUT2D eigenvalue weighted by molar-refractivity contribution is 0.0258. The molecule has 6 nitrogen and oxygen atoms in total. The van der Waals surface area contributed by atoms with E-state index in [1.54, 1.807) is 4.90 Å². The maximum absolute atomic E-state index is 12.0. The summed E-state index contributed by atoms with van der Waals surface area (Å²) in [6.07, 6.45) is 4.62. The summed E-state index contributed by atoms with van der Waals surface area (Å²) in [7, 11) is 0. The third-order valence-electron chi connectivity index (χ3n) is 3.57. The smallest absolute Gasteiger partial charge is 0.410 e. The van der Waals surface area contributed by atoms with Crippen molar-refractivity contribution in [2.75, 3.05) is 19.6 Å². The largest absolute Gasteiger partial charge is 0.444 e. The van der Waals surface area contributed by atoms with Gasteiger partial charge in [-0.2, -0.15) is 5.10 Å². The summed E-state index contributed by atoms with van der Waals surface area (Å²) in [5.74, 6) is 0. The second-order valence-corrected chi connectivity index (χ2v) is 6.72. The lowest BCUT2D eigenvalue weighted by atomic mass is 10.2. The van der Waals surface area contributed by atoms with Crippen molar-refractivity contribution in [3.8, 4) is 0 Å². The van der Waals surface area contributed by atoms with Gasteiger partial charge in [0.15, 0.2) is 0 Å². The number of ether oxygens (including phenoxy) is 1. The Kier molecular flexibility index (Phi) is 7.55. The number of rotatable bonds is 8. The van der Waals surface area contributed by atoms with E-state index < -0.39 is 5.60 Å². The Hall–Kier alpha value is -1.56. The minimum absolute atomic E-state index is 0.239. The lowest BCUT2D eigenvalue weighted by Gasteiger charge is -2.26. The molecule has 1 aromatic heterocycles. The Morgan fingerprint density at radius 1 is 1.43 bits per heavy atom. The highest BCUT2D eigenvalue weighted by Gasteiger charge is 2.20. The topological polar surface area (TPSA) is 59.4 Å². The molecule has 0 spiro atoms. The number of carbonyl (C=O) groups is 1. The van der Waals surface area contributed by atoms with Gasteiger partial charge < -0.3 is 15.0 Å². The number of nitrogens with zero attached hydrogens (tertiary/aromatic N) is 3. The number of aromatic nitrogens is 2. The van der Waals surface area contributed by atoms with Crippen molar-refractivity contribution >= 4 is 6.09 Å². The van der Waals surface area contributed by atoms with E-state index in [2.05, 4.69) is 30.5 Å². The molecule has 0 bridgehead atoms. The van der Waals surface area contributed by atoms with Gasteiger partial charge in [-0.25, -0.2) is 4.79 Å². The van der Waals surface area contributed by atoms with Gasteiger partial charge in [0.25, 0.3) is 0 Å². The Morgan fingerprint density at radius 2 is 2.13 bits per heavy atom. The fraction of sp³-hybridized carbons (Fsp3) is 0.765. The molecule has 6 heteroatoms. The Morgan fingerprint density at radius 3 is 2.65 bits per heavy atom. The van der Waals surface area contributed by atoms with Gasteiger partial charge in [0.1, 0.15) is 5.60 Å². The third kappa shape index (κ3) is 7.03. The van der Waals surface area contributed by atoms with Gasteiger partial charge in [-0.05, 0) is 54.5 Å². The monoisotopic (exact) mass is 324 g/mol. The molecule has 0 aromatic carbocycles. The van der Waals surface area contributed by atoms with Gasteiger partial charge in [-0.1, -0.05) is 0 Å². The summed E-state index contributed by atoms with van der Waals surface area (Å²) >= 11 is 0. The minimum Gasteiger partial charge on any atom is -0.444 e. The van der Waals surface area contributed by atoms with Gasteiger partial charge >= 0.3 is 6.09 Å². The fourth-order valence-corrected chi connectivity index (χ4v) is 2.19. The molecule has 1 heterocycles. The van der Waals surface area contributed by atoms with Crippen molar-refractivity contribution in [3.63, 3.8) is 0 Å². The summed E-state index contributed by atoms with van der Waals surface area (Å²) in [5, 5.41) is 7.76. The minimum atomic E-state index is -0.448. The van der Waals surface area contributed by atoms with Crippen LogP contribution >= 0.6 is 0 Å². The maximum Gasteiger partial charge on any atom is 0.410 e. The van der Waals surface area contributed by atoms with E-state index >= 15 is 0 Å². The zero-order chi connectivity index (χ0) is 17.5. The predicted octanol–water partition coefficient (Wildman–Crippen LogP) is 3.20. The van der Waals surface area contributed by atoms with E-state index in [-0.39, 0.29) is 12.1 Å². The van der Waals surface area contributed by atoms with Crippen LogP contribution in [0.5, 0.6) is 0 Å². The van der Waals surface area contributed by atoms with Gasteiger partial charge in [0.05, 0.1) is 6.20 Å². The molecule has 0 radical (unpaired) electrons. The summed E-state index contributed by atoms with van der Waals surface area (Å²) in [5.41, 5.74) is 0.739. The molecular formula is C17H32N4O2. The quantitative estimate of drug-likeness (QED) is 0.746. The molecule has 0 aliphatic rings. The van der Waals surface area contributed by atoms with Crippen LogP contribution in [0.2, 0.25) is 0 Å². The van der Waals surface area contributed by atoms with Crippen LogP contribution in [0.1, 0.15) is 59.6 Å². The standard InChI is InChI=1S/C17H32N4O2/c1-7-20(16(22)23-17(4,5)6)11-9-10-18-14(3)15-12-19-21(8-2)13-15/h12-14,18H,7-11H2,1-6H3. The molecule has 0 aliphatic heterocycles. The molecule has 0 fully saturated rings. The average molecular weight is 324 g/mol. The molecule has 0 saturated carbocycles. The van der Waals surface area contributed by atoms with E-state index in [1.807, 2.05) is 38.6 Å². The van der Waals surface area contributed by atoms with Crippen LogP contribution in [0.15, 0.2) is 12.4 Å². The van der Waals surface area contributed by atoms with E-state index in [9.17, 15) is 4.79 Å². The summed E-state index contributed by atoms with van der Waals surface area (Å²) in [6, 6.07) is 0.256. The van der Waals surface area contributed by atoms with E-state index in [4.69, 9.17) is 4.74 Å².